The third-order valence-electron chi connectivity index (χ3n) is 3.48. The molecule has 0 aliphatic carbocycles. The predicted octanol–water partition coefficient (Wildman–Crippen LogP) is 1.82. The summed E-state index contributed by atoms with van der Waals surface area (Å²) in [5, 5.41) is 19.3. The predicted molar refractivity (Wildman–Crippen MR) is 91.1 cm³/mol. The summed E-state index contributed by atoms with van der Waals surface area (Å²) in [6.45, 7) is 7.17. The van der Waals surface area contributed by atoms with Crippen molar-refractivity contribution in [1.29, 1.82) is 0 Å². The van der Waals surface area contributed by atoms with Gasteiger partial charge >= 0.3 is 5.97 Å². The number of carbonyl (C=O) groups excluding carboxylic acids is 1. The molecule has 134 valence electrons. The second-order valence-electron chi connectivity index (χ2n) is 5.84. The number of rotatable bonds is 7. The van der Waals surface area contributed by atoms with E-state index in [2.05, 4.69) is 15.6 Å². The van der Waals surface area contributed by atoms with Crippen LogP contribution in [0.3, 0.4) is 0 Å². The van der Waals surface area contributed by atoms with Crippen molar-refractivity contribution in [2.45, 2.75) is 46.3 Å². The fraction of sp³-hybridized carbons (Fsp3) is 0.412. The first-order valence-corrected chi connectivity index (χ1v) is 8.08. The number of carbonyl (C=O) groups is 2. The third-order valence-corrected chi connectivity index (χ3v) is 3.48. The zero-order valence-corrected chi connectivity index (χ0v) is 14.7. The first kappa shape index (κ1) is 18.4. The van der Waals surface area contributed by atoms with Crippen molar-refractivity contribution in [2.75, 3.05) is 0 Å². The van der Waals surface area contributed by atoms with Crippen molar-refractivity contribution in [1.82, 2.24) is 20.3 Å². The maximum atomic E-state index is 12.2. The lowest BCUT2D eigenvalue weighted by Gasteiger charge is -2.11. The molecule has 8 heteroatoms. The molecule has 2 aromatic rings. The summed E-state index contributed by atoms with van der Waals surface area (Å²) >= 11 is 0. The molecule has 1 unspecified atom stereocenters. The molecule has 8 nitrogen and oxygen atoms in total. The molecular weight excluding hydrogens is 324 g/mol. The van der Waals surface area contributed by atoms with Gasteiger partial charge in [-0.3, -0.25) is 9.59 Å². The van der Waals surface area contributed by atoms with E-state index in [4.69, 9.17) is 9.84 Å². The maximum Gasteiger partial charge on any atom is 0.325 e. The number of hydrogen-bond donors (Lipinski definition) is 2. The van der Waals surface area contributed by atoms with E-state index in [1.54, 1.807) is 4.68 Å². The number of aliphatic carboxylic acids is 1. The standard InChI is InChI=1S/C17H22N4O4/c1-5-14-15(16(22)18-11(4)17(23)24)19-20-21(14)12-6-8-13(9-7-12)25-10(2)3/h6-11H,5H2,1-4H3,(H,18,22)(H,23,24). The average molecular weight is 346 g/mol. The molecule has 0 radical (unpaired) electrons. The van der Waals surface area contributed by atoms with Crippen LogP contribution in [0.15, 0.2) is 24.3 Å². The van der Waals surface area contributed by atoms with Gasteiger partial charge in [0, 0.05) is 0 Å². The van der Waals surface area contributed by atoms with E-state index in [1.807, 2.05) is 45.0 Å². The molecule has 0 bridgehead atoms. The van der Waals surface area contributed by atoms with Crippen LogP contribution >= 0.6 is 0 Å². The maximum absolute atomic E-state index is 12.2. The number of amides is 1. The van der Waals surface area contributed by atoms with Crippen LogP contribution in [-0.2, 0) is 11.2 Å². The lowest BCUT2D eigenvalue weighted by atomic mass is 10.2. The second-order valence-corrected chi connectivity index (χ2v) is 5.84. The Morgan fingerprint density at radius 1 is 1.24 bits per heavy atom. The van der Waals surface area contributed by atoms with Crippen LogP contribution in [0.1, 0.15) is 43.9 Å². The molecule has 0 spiro atoms. The quantitative estimate of drug-likeness (QED) is 0.792. The zero-order valence-electron chi connectivity index (χ0n) is 14.7. The molecular formula is C17H22N4O4. The summed E-state index contributed by atoms with van der Waals surface area (Å²) in [6, 6.07) is 6.29. The van der Waals surface area contributed by atoms with Gasteiger partial charge in [0.15, 0.2) is 5.69 Å². The Labute approximate surface area is 145 Å². The highest BCUT2D eigenvalue weighted by Gasteiger charge is 2.22. The van der Waals surface area contributed by atoms with Crippen LogP contribution in [-0.4, -0.2) is 44.1 Å². The van der Waals surface area contributed by atoms with Crippen molar-refractivity contribution in [3.05, 3.63) is 35.7 Å². The number of aromatic nitrogens is 3. The van der Waals surface area contributed by atoms with E-state index < -0.39 is 17.9 Å². The number of hydrogen-bond acceptors (Lipinski definition) is 5. The van der Waals surface area contributed by atoms with Gasteiger partial charge in [0.25, 0.3) is 5.91 Å². The van der Waals surface area contributed by atoms with Crippen LogP contribution < -0.4 is 10.1 Å². The lowest BCUT2D eigenvalue weighted by molar-refractivity contribution is -0.138. The molecule has 25 heavy (non-hydrogen) atoms. The Bertz CT molecular complexity index is 753. The first-order valence-electron chi connectivity index (χ1n) is 8.08. The van der Waals surface area contributed by atoms with Crippen LogP contribution in [0.2, 0.25) is 0 Å². The van der Waals surface area contributed by atoms with Crippen LogP contribution in [0.5, 0.6) is 5.75 Å². The topological polar surface area (TPSA) is 106 Å². The molecule has 0 fully saturated rings. The van der Waals surface area contributed by atoms with Crippen molar-refractivity contribution in [3.8, 4) is 11.4 Å². The van der Waals surface area contributed by atoms with E-state index in [1.165, 1.54) is 6.92 Å². The van der Waals surface area contributed by atoms with Crippen molar-refractivity contribution in [3.63, 3.8) is 0 Å². The fourth-order valence-electron chi connectivity index (χ4n) is 2.27. The molecule has 1 aromatic heterocycles. The number of carboxylic acid groups (broad SMARTS) is 1. The fourth-order valence-corrected chi connectivity index (χ4v) is 2.27. The summed E-state index contributed by atoms with van der Waals surface area (Å²) in [6.07, 6.45) is 0.594. The van der Waals surface area contributed by atoms with Crippen molar-refractivity contribution < 1.29 is 19.4 Å². The van der Waals surface area contributed by atoms with Gasteiger partial charge in [0.2, 0.25) is 0 Å². The monoisotopic (exact) mass is 346 g/mol. The average Bonchev–Trinajstić information content (AvgIpc) is 2.98. The number of nitrogens with zero attached hydrogens (tertiary/aromatic N) is 3. The number of carboxylic acids is 1. The summed E-state index contributed by atoms with van der Waals surface area (Å²) in [4.78, 5) is 23.1. The highest BCUT2D eigenvalue weighted by Crippen LogP contribution is 2.19. The molecule has 1 amide bonds. The zero-order chi connectivity index (χ0) is 18.6. The van der Waals surface area contributed by atoms with Gasteiger partial charge in [-0.2, -0.15) is 0 Å². The van der Waals surface area contributed by atoms with E-state index in [0.717, 1.165) is 11.4 Å². The highest BCUT2D eigenvalue weighted by atomic mass is 16.5. The summed E-state index contributed by atoms with van der Waals surface area (Å²) < 4.78 is 7.18. The minimum atomic E-state index is -1.11. The van der Waals surface area contributed by atoms with Crippen LogP contribution in [0.25, 0.3) is 5.69 Å². The minimum Gasteiger partial charge on any atom is -0.491 e. The summed E-state index contributed by atoms with van der Waals surface area (Å²) in [5.41, 5.74) is 1.47. The van der Waals surface area contributed by atoms with E-state index in [-0.39, 0.29) is 11.8 Å². The Balaban J connectivity index is 2.27. The van der Waals surface area contributed by atoms with Crippen molar-refractivity contribution >= 4 is 11.9 Å². The van der Waals surface area contributed by atoms with Gasteiger partial charge in [-0.15, -0.1) is 5.10 Å². The van der Waals surface area contributed by atoms with Crippen LogP contribution in [0.4, 0.5) is 0 Å². The second kappa shape index (κ2) is 7.78. The smallest absolute Gasteiger partial charge is 0.325 e. The number of ether oxygens (including phenoxy) is 1. The molecule has 0 aliphatic rings. The largest absolute Gasteiger partial charge is 0.491 e. The van der Waals surface area contributed by atoms with E-state index in [9.17, 15) is 9.59 Å². The Morgan fingerprint density at radius 2 is 1.88 bits per heavy atom. The van der Waals surface area contributed by atoms with E-state index >= 15 is 0 Å². The van der Waals surface area contributed by atoms with Gasteiger partial charge in [-0.05, 0) is 51.5 Å². The normalized spacial score (nSPS) is 12.0. The Kier molecular flexibility index (Phi) is 5.74. The molecule has 1 atom stereocenters. The molecule has 1 heterocycles. The van der Waals surface area contributed by atoms with Crippen molar-refractivity contribution in [2.24, 2.45) is 0 Å². The molecule has 1 aromatic carbocycles. The molecule has 2 rings (SSSR count). The number of benzene rings is 1. The highest BCUT2D eigenvalue weighted by molar-refractivity contribution is 5.95. The SMILES string of the molecule is CCc1c(C(=O)NC(C)C(=O)O)nnn1-c1ccc(OC(C)C)cc1. The van der Waals surface area contributed by atoms with Gasteiger partial charge in [-0.1, -0.05) is 12.1 Å². The Hall–Kier alpha value is -2.90. The van der Waals surface area contributed by atoms with Gasteiger partial charge < -0.3 is 15.2 Å². The van der Waals surface area contributed by atoms with Gasteiger partial charge in [0.05, 0.1) is 17.5 Å². The molecule has 0 saturated heterocycles. The molecule has 2 N–H and O–H groups in total. The number of nitrogens with one attached hydrogen (secondary N) is 1. The molecule has 0 aliphatic heterocycles. The van der Waals surface area contributed by atoms with Gasteiger partial charge in [-0.25, -0.2) is 4.68 Å². The Morgan fingerprint density at radius 3 is 2.40 bits per heavy atom. The third kappa shape index (κ3) is 4.34. The lowest BCUT2D eigenvalue weighted by Crippen LogP contribution is -2.38. The summed E-state index contributed by atoms with van der Waals surface area (Å²) in [5.74, 6) is -0.928. The molecule has 0 saturated carbocycles. The van der Waals surface area contributed by atoms with Crippen LogP contribution in [0, 0.1) is 0 Å². The van der Waals surface area contributed by atoms with Gasteiger partial charge in [0.1, 0.15) is 11.8 Å². The summed E-state index contributed by atoms with van der Waals surface area (Å²) in [7, 11) is 0. The van der Waals surface area contributed by atoms with E-state index in [0.29, 0.717) is 12.1 Å². The first-order chi connectivity index (χ1) is 11.8. The minimum absolute atomic E-state index is 0.0787.